The standard InChI is InChI=1S/C38H57N3O7/c1-10-11-12-13-17-23-41(34(44)30(25-42)40-36(46)48-38(7,8)9)32(31-26(2)19-18-20-27(31)3)33(43)39-29(35(45)47-37(4,5)6)24-28-21-15-14-16-22-28/h14-16,18-22,29-30,32,42H,10-13,17,23-25H2,1-9H3,(H,39,43)(H,40,46). The van der Waals surface area contributed by atoms with Crippen LogP contribution < -0.4 is 10.6 Å². The Hall–Kier alpha value is -3.92. The van der Waals surface area contributed by atoms with Gasteiger partial charge >= 0.3 is 12.1 Å². The molecule has 0 spiro atoms. The van der Waals surface area contributed by atoms with Crippen molar-refractivity contribution in [3.8, 4) is 0 Å². The van der Waals surface area contributed by atoms with Crippen molar-refractivity contribution in [3.05, 3.63) is 70.8 Å². The number of aryl methyl sites for hydroxylation is 2. The lowest BCUT2D eigenvalue weighted by molar-refractivity contribution is -0.159. The van der Waals surface area contributed by atoms with Crippen LogP contribution >= 0.6 is 0 Å². The van der Waals surface area contributed by atoms with Crippen molar-refractivity contribution in [1.82, 2.24) is 15.5 Å². The van der Waals surface area contributed by atoms with Gasteiger partial charge in [-0.2, -0.15) is 0 Å². The number of esters is 1. The predicted molar refractivity (Wildman–Crippen MR) is 187 cm³/mol. The highest BCUT2D eigenvalue weighted by Gasteiger charge is 2.39. The second kappa shape index (κ2) is 18.6. The summed E-state index contributed by atoms with van der Waals surface area (Å²) < 4.78 is 11.1. The van der Waals surface area contributed by atoms with Gasteiger partial charge in [-0.25, -0.2) is 9.59 Å². The molecule has 3 amide bonds. The van der Waals surface area contributed by atoms with Gasteiger partial charge in [0, 0.05) is 13.0 Å². The topological polar surface area (TPSA) is 134 Å². The van der Waals surface area contributed by atoms with Gasteiger partial charge < -0.3 is 30.1 Å². The van der Waals surface area contributed by atoms with E-state index in [-0.39, 0.29) is 13.0 Å². The maximum absolute atomic E-state index is 14.6. The quantitative estimate of drug-likeness (QED) is 0.146. The van der Waals surface area contributed by atoms with Crippen molar-refractivity contribution >= 4 is 23.9 Å². The smallest absolute Gasteiger partial charge is 0.408 e. The van der Waals surface area contributed by atoms with Crippen LogP contribution in [0.5, 0.6) is 0 Å². The molecule has 3 atom stereocenters. The molecule has 0 aromatic heterocycles. The number of amides is 3. The lowest BCUT2D eigenvalue weighted by Gasteiger charge is -2.36. The van der Waals surface area contributed by atoms with Crippen LogP contribution in [0.3, 0.4) is 0 Å². The summed E-state index contributed by atoms with van der Waals surface area (Å²) in [6.45, 7) is 15.7. The lowest BCUT2D eigenvalue weighted by atomic mass is 9.93. The number of benzene rings is 2. The number of nitrogens with zero attached hydrogens (tertiary/aromatic N) is 1. The Morgan fingerprint density at radius 3 is 1.90 bits per heavy atom. The first kappa shape index (κ1) is 40.3. The zero-order valence-corrected chi connectivity index (χ0v) is 30.4. The van der Waals surface area contributed by atoms with E-state index in [2.05, 4.69) is 17.6 Å². The Morgan fingerprint density at radius 2 is 1.35 bits per heavy atom. The number of hydrogen-bond donors (Lipinski definition) is 3. The Bertz CT molecular complexity index is 1330. The molecule has 2 rings (SSSR count). The number of carbonyl (C=O) groups is 4. The first-order chi connectivity index (χ1) is 22.5. The second-order valence-corrected chi connectivity index (χ2v) is 14.3. The van der Waals surface area contributed by atoms with E-state index in [0.29, 0.717) is 12.0 Å². The molecule has 0 aliphatic rings. The average molecular weight is 668 g/mol. The van der Waals surface area contributed by atoms with Gasteiger partial charge in [-0.05, 0) is 84.1 Å². The summed E-state index contributed by atoms with van der Waals surface area (Å²) in [5, 5.41) is 15.8. The van der Waals surface area contributed by atoms with E-state index in [0.717, 1.165) is 42.4 Å². The summed E-state index contributed by atoms with van der Waals surface area (Å²) >= 11 is 0. The highest BCUT2D eigenvalue weighted by atomic mass is 16.6. The van der Waals surface area contributed by atoms with Crippen molar-refractivity contribution in [3.63, 3.8) is 0 Å². The van der Waals surface area contributed by atoms with Gasteiger partial charge in [0.2, 0.25) is 11.8 Å². The molecule has 0 heterocycles. The maximum Gasteiger partial charge on any atom is 0.408 e. The van der Waals surface area contributed by atoms with E-state index in [1.807, 2.05) is 62.4 Å². The summed E-state index contributed by atoms with van der Waals surface area (Å²) in [7, 11) is 0. The Labute approximate surface area is 287 Å². The fraction of sp³-hybridized carbons (Fsp3) is 0.579. The molecule has 0 saturated heterocycles. The molecule has 0 bridgehead atoms. The van der Waals surface area contributed by atoms with Crippen molar-refractivity contribution in [1.29, 1.82) is 0 Å². The van der Waals surface area contributed by atoms with Gasteiger partial charge in [0.1, 0.15) is 29.3 Å². The number of hydrogen-bond acceptors (Lipinski definition) is 7. The summed E-state index contributed by atoms with van der Waals surface area (Å²) in [6, 6.07) is 11.3. The Morgan fingerprint density at radius 1 is 0.771 bits per heavy atom. The molecule has 2 aromatic carbocycles. The van der Waals surface area contributed by atoms with Gasteiger partial charge in [0.15, 0.2) is 0 Å². The van der Waals surface area contributed by atoms with E-state index >= 15 is 0 Å². The minimum absolute atomic E-state index is 0.172. The minimum atomic E-state index is -1.37. The van der Waals surface area contributed by atoms with Gasteiger partial charge in [0.25, 0.3) is 0 Å². The minimum Gasteiger partial charge on any atom is -0.458 e. The number of alkyl carbamates (subject to hydrolysis) is 1. The van der Waals surface area contributed by atoms with Crippen LogP contribution in [0.4, 0.5) is 4.79 Å². The monoisotopic (exact) mass is 667 g/mol. The van der Waals surface area contributed by atoms with Crippen LogP contribution in [0.15, 0.2) is 48.5 Å². The maximum atomic E-state index is 14.6. The third-order valence-corrected chi connectivity index (χ3v) is 7.62. The lowest BCUT2D eigenvalue weighted by Crippen LogP contribution is -2.56. The van der Waals surface area contributed by atoms with E-state index in [1.165, 1.54) is 4.90 Å². The number of rotatable bonds is 16. The van der Waals surface area contributed by atoms with Crippen LogP contribution in [0.25, 0.3) is 0 Å². The molecule has 0 fully saturated rings. The normalized spacial score (nSPS) is 13.5. The number of aliphatic hydroxyl groups is 1. The molecule has 3 N–H and O–H groups in total. The predicted octanol–water partition coefficient (Wildman–Crippen LogP) is 6.10. The second-order valence-electron chi connectivity index (χ2n) is 14.3. The average Bonchev–Trinajstić information content (AvgIpc) is 2.98. The molecular weight excluding hydrogens is 610 g/mol. The molecule has 0 radical (unpaired) electrons. The summed E-state index contributed by atoms with van der Waals surface area (Å²) in [5.74, 6) is -1.81. The largest absolute Gasteiger partial charge is 0.458 e. The third-order valence-electron chi connectivity index (χ3n) is 7.62. The number of unbranched alkanes of at least 4 members (excludes halogenated alkanes) is 4. The molecule has 10 nitrogen and oxygen atoms in total. The van der Waals surface area contributed by atoms with E-state index in [9.17, 15) is 24.3 Å². The molecule has 266 valence electrons. The van der Waals surface area contributed by atoms with Crippen molar-refractivity contribution in [2.24, 2.45) is 0 Å². The molecule has 0 saturated carbocycles. The van der Waals surface area contributed by atoms with Gasteiger partial charge in [0.05, 0.1) is 6.61 Å². The van der Waals surface area contributed by atoms with Crippen LogP contribution in [0.2, 0.25) is 0 Å². The highest BCUT2D eigenvalue weighted by Crippen LogP contribution is 2.30. The molecule has 3 unspecified atom stereocenters. The van der Waals surface area contributed by atoms with Gasteiger partial charge in [-0.15, -0.1) is 0 Å². The first-order valence-corrected chi connectivity index (χ1v) is 17.0. The van der Waals surface area contributed by atoms with E-state index in [1.54, 1.807) is 41.5 Å². The SMILES string of the molecule is CCCCCCCN(C(=O)C(CO)NC(=O)OC(C)(C)C)C(C(=O)NC(Cc1ccccc1)C(=O)OC(C)(C)C)c1c(C)cccc1C. The molecule has 0 aliphatic carbocycles. The van der Waals surface area contributed by atoms with E-state index < -0.39 is 59.8 Å². The zero-order valence-electron chi connectivity index (χ0n) is 30.4. The summed E-state index contributed by atoms with van der Waals surface area (Å²) in [4.78, 5) is 56.7. The van der Waals surface area contributed by atoms with Crippen LogP contribution in [0.1, 0.15) is 109 Å². The fourth-order valence-electron chi connectivity index (χ4n) is 5.44. The number of carbonyl (C=O) groups excluding carboxylic acids is 4. The molecule has 0 aliphatic heterocycles. The number of nitrogens with one attached hydrogen (secondary N) is 2. The zero-order chi connectivity index (χ0) is 36.1. The third kappa shape index (κ3) is 13.3. The number of ether oxygens (including phenoxy) is 2. The fourth-order valence-corrected chi connectivity index (χ4v) is 5.44. The number of aliphatic hydroxyl groups excluding tert-OH is 1. The molecule has 10 heteroatoms. The van der Waals surface area contributed by atoms with Crippen molar-refractivity contribution < 1.29 is 33.8 Å². The van der Waals surface area contributed by atoms with Crippen molar-refractivity contribution in [2.75, 3.05) is 13.2 Å². The Kier molecular flexibility index (Phi) is 15.6. The molecule has 2 aromatic rings. The van der Waals surface area contributed by atoms with Gasteiger partial charge in [-0.1, -0.05) is 81.1 Å². The highest BCUT2D eigenvalue weighted by molar-refractivity contribution is 5.94. The summed E-state index contributed by atoms with van der Waals surface area (Å²) in [6.07, 6.45) is 3.74. The van der Waals surface area contributed by atoms with Crippen LogP contribution in [0, 0.1) is 13.8 Å². The van der Waals surface area contributed by atoms with Crippen LogP contribution in [-0.2, 0) is 30.3 Å². The van der Waals surface area contributed by atoms with E-state index in [4.69, 9.17) is 9.47 Å². The first-order valence-electron chi connectivity index (χ1n) is 17.0. The summed E-state index contributed by atoms with van der Waals surface area (Å²) in [5.41, 5.74) is 1.34. The Balaban J connectivity index is 2.64. The van der Waals surface area contributed by atoms with Crippen molar-refractivity contribution in [2.45, 2.75) is 130 Å². The molecular formula is C38H57N3O7. The molecule has 48 heavy (non-hydrogen) atoms. The van der Waals surface area contributed by atoms with Crippen LogP contribution in [-0.4, -0.2) is 70.3 Å². The van der Waals surface area contributed by atoms with Gasteiger partial charge in [-0.3, -0.25) is 9.59 Å².